The van der Waals surface area contributed by atoms with Gasteiger partial charge in [-0.25, -0.2) is 5.43 Å². The van der Waals surface area contributed by atoms with Crippen molar-refractivity contribution in [1.29, 1.82) is 0 Å². The SMILES string of the molecule is O=C(Cc1cccc2ccccc12)N/N=C\c1ccc(Cl)s1. The summed E-state index contributed by atoms with van der Waals surface area (Å²) in [7, 11) is 0. The van der Waals surface area contributed by atoms with Crippen molar-refractivity contribution in [3.05, 3.63) is 69.4 Å². The zero-order valence-electron chi connectivity index (χ0n) is 11.6. The van der Waals surface area contributed by atoms with Crippen molar-refractivity contribution in [2.75, 3.05) is 0 Å². The van der Waals surface area contributed by atoms with Crippen molar-refractivity contribution >= 4 is 45.8 Å². The molecule has 0 aliphatic rings. The number of nitrogens with zero attached hydrogens (tertiary/aromatic N) is 1. The van der Waals surface area contributed by atoms with Gasteiger partial charge >= 0.3 is 0 Å². The van der Waals surface area contributed by atoms with Gasteiger partial charge in [-0.15, -0.1) is 11.3 Å². The van der Waals surface area contributed by atoms with Gasteiger partial charge in [-0.3, -0.25) is 4.79 Å². The minimum atomic E-state index is -0.143. The maximum atomic E-state index is 12.0. The first kappa shape index (κ1) is 14.8. The van der Waals surface area contributed by atoms with Crippen LogP contribution in [-0.2, 0) is 11.2 Å². The summed E-state index contributed by atoms with van der Waals surface area (Å²) in [5.74, 6) is -0.143. The summed E-state index contributed by atoms with van der Waals surface area (Å²) in [4.78, 5) is 12.9. The Labute approximate surface area is 137 Å². The van der Waals surface area contributed by atoms with E-state index in [1.807, 2.05) is 48.5 Å². The van der Waals surface area contributed by atoms with Crippen LogP contribution in [0.5, 0.6) is 0 Å². The lowest BCUT2D eigenvalue weighted by atomic mass is 10.0. The summed E-state index contributed by atoms with van der Waals surface area (Å²) in [6.45, 7) is 0. The maximum Gasteiger partial charge on any atom is 0.244 e. The molecule has 0 saturated carbocycles. The number of hydrogen-bond acceptors (Lipinski definition) is 3. The van der Waals surface area contributed by atoms with Crippen molar-refractivity contribution in [3.8, 4) is 0 Å². The number of nitrogens with one attached hydrogen (secondary N) is 1. The summed E-state index contributed by atoms with van der Waals surface area (Å²) in [6.07, 6.45) is 1.89. The summed E-state index contributed by atoms with van der Waals surface area (Å²) >= 11 is 7.24. The highest BCUT2D eigenvalue weighted by Crippen LogP contribution is 2.20. The number of carbonyl (C=O) groups is 1. The average molecular weight is 329 g/mol. The zero-order valence-corrected chi connectivity index (χ0v) is 13.2. The third-order valence-electron chi connectivity index (χ3n) is 3.21. The van der Waals surface area contributed by atoms with Crippen molar-refractivity contribution in [2.45, 2.75) is 6.42 Å². The number of halogens is 1. The van der Waals surface area contributed by atoms with Gasteiger partial charge < -0.3 is 0 Å². The Morgan fingerprint density at radius 1 is 1.14 bits per heavy atom. The molecule has 3 aromatic rings. The van der Waals surface area contributed by atoms with Crippen molar-refractivity contribution in [2.24, 2.45) is 5.10 Å². The predicted molar refractivity (Wildman–Crippen MR) is 92.7 cm³/mol. The highest BCUT2D eigenvalue weighted by atomic mass is 35.5. The summed E-state index contributed by atoms with van der Waals surface area (Å²) in [6, 6.07) is 17.6. The first-order valence-corrected chi connectivity index (χ1v) is 7.96. The molecule has 5 heteroatoms. The predicted octanol–water partition coefficient (Wildman–Crippen LogP) is 4.25. The summed E-state index contributed by atoms with van der Waals surface area (Å²) in [5.41, 5.74) is 3.54. The van der Waals surface area contributed by atoms with Crippen LogP contribution in [0.15, 0.2) is 59.7 Å². The second-order valence-electron chi connectivity index (χ2n) is 4.75. The molecule has 0 bridgehead atoms. The number of fused-ring (bicyclic) bond motifs is 1. The largest absolute Gasteiger partial charge is 0.273 e. The molecule has 2 aromatic carbocycles. The van der Waals surface area contributed by atoms with E-state index < -0.39 is 0 Å². The quantitative estimate of drug-likeness (QED) is 0.564. The van der Waals surface area contributed by atoms with Crippen LogP contribution in [0, 0.1) is 0 Å². The van der Waals surface area contributed by atoms with Gasteiger partial charge in [0.15, 0.2) is 0 Å². The zero-order chi connectivity index (χ0) is 15.4. The number of benzene rings is 2. The number of rotatable bonds is 4. The van der Waals surface area contributed by atoms with Gasteiger partial charge in [0.1, 0.15) is 0 Å². The third kappa shape index (κ3) is 3.53. The Morgan fingerprint density at radius 2 is 1.95 bits per heavy atom. The molecule has 1 N–H and O–H groups in total. The van der Waals surface area contributed by atoms with Crippen molar-refractivity contribution in [1.82, 2.24) is 5.43 Å². The van der Waals surface area contributed by atoms with Crippen LogP contribution in [0.25, 0.3) is 10.8 Å². The molecular weight excluding hydrogens is 316 g/mol. The molecule has 0 aliphatic carbocycles. The van der Waals surface area contributed by atoms with Gasteiger partial charge in [0.2, 0.25) is 5.91 Å². The fourth-order valence-electron chi connectivity index (χ4n) is 2.22. The van der Waals surface area contributed by atoms with E-state index in [2.05, 4.69) is 10.5 Å². The van der Waals surface area contributed by atoms with E-state index in [1.165, 1.54) is 11.3 Å². The van der Waals surface area contributed by atoms with Crippen molar-refractivity contribution in [3.63, 3.8) is 0 Å². The van der Waals surface area contributed by atoms with Crippen LogP contribution < -0.4 is 5.43 Å². The molecule has 0 unspecified atom stereocenters. The van der Waals surface area contributed by atoms with Crippen LogP contribution in [0.1, 0.15) is 10.4 Å². The lowest BCUT2D eigenvalue weighted by Gasteiger charge is -2.05. The van der Waals surface area contributed by atoms with E-state index in [1.54, 1.807) is 12.3 Å². The van der Waals surface area contributed by atoms with E-state index in [-0.39, 0.29) is 5.91 Å². The molecule has 1 heterocycles. The van der Waals surface area contributed by atoms with Crippen LogP contribution in [-0.4, -0.2) is 12.1 Å². The summed E-state index contributed by atoms with van der Waals surface area (Å²) < 4.78 is 0.698. The number of amides is 1. The lowest BCUT2D eigenvalue weighted by molar-refractivity contribution is -0.120. The fraction of sp³-hybridized carbons (Fsp3) is 0.0588. The molecule has 1 aromatic heterocycles. The Kier molecular flexibility index (Phi) is 4.51. The first-order valence-electron chi connectivity index (χ1n) is 6.76. The van der Waals surface area contributed by atoms with Crippen LogP contribution in [0.3, 0.4) is 0 Å². The highest BCUT2D eigenvalue weighted by Gasteiger charge is 2.05. The van der Waals surface area contributed by atoms with Crippen LogP contribution in [0.2, 0.25) is 4.34 Å². The van der Waals surface area contributed by atoms with Gasteiger partial charge in [-0.2, -0.15) is 5.10 Å². The standard InChI is InChI=1S/C17H13ClN2OS/c18-16-9-8-14(22-16)11-19-20-17(21)10-13-6-3-5-12-4-1-2-7-15(12)13/h1-9,11H,10H2,(H,20,21)/b19-11-. The second-order valence-corrected chi connectivity index (χ2v) is 6.50. The van der Waals surface area contributed by atoms with Gasteiger partial charge in [0.05, 0.1) is 17.0 Å². The fourth-order valence-corrected chi connectivity index (χ4v) is 3.16. The van der Waals surface area contributed by atoms with E-state index in [0.29, 0.717) is 10.8 Å². The number of hydrogen-bond donors (Lipinski definition) is 1. The Balaban J connectivity index is 1.67. The van der Waals surface area contributed by atoms with Gasteiger partial charge in [-0.05, 0) is 28.5 Å². The highest BCUT2D eigenvalue weighted by molar-refractivity contribution is 7.17. The molecular formula is C17H13ClN2OS. The molecule has 3 rings (SSSR count). The summed E-state index contributed by atoms with van der Waals surface area (Å²) in [5, 5.41) is 6.18. The average Bonchev–Trinajstić information content (AvgIpc) is 2.93. The Bertz CT molecular complexity index is 836. The molecule has 0 spiro atoms. The topological polar surface area (TPSA) is 41.5 Å². The lowest BCUT2D eigenvalue weighted by Crippen LogP contribution is -2.19. The minimum absolute atomic E-state index is 0.143. The third-order valence-corrected chi connectivity index (χ3v) is 4.37. The number of thiophene rings is 1. The van der Waals surface area contributed by atoms with Gasteiger partial charge in [0, 0.05) is 4.88 Å². The van der Waals surface area contributed by atoms with Gasteiger partial charge in [0.25, 0.3) is 0 Å². The van der Waals surface area contributed by atoms with Gasteiger partial charge in [-0.1, -0.05) is 54.1 Å². The Hall–Kier alpha value is -2.17. The molecule has 3 nitrogen and oxygen atoms in total. The van der Waals surface area contributed by atoms with E-state index >= 15 is 0 Å². The van der Waals surface area contributed by atoms with Crippen LogP contribution >= 0.6 is 22.9 Å². The maximum absolute atomic E-state index is 12.0. The number of carbonyl (C=O) groups excluding carboxylic acids is 1. The molecule has 0 saturated heterocycles. The first-order chi connectivity index (χ1) is 10.7. The smallest absolute Gasteiger partial charge is 0.244 e. The molecule has 22 heavy (non-hydrogen) atoms. The molecule has 1 amide bonds. The van der Waals surface area contributed by atoms with Crippen LogP contribution in [0.4, 0.5) is 0 Å². The van der Waals surface area contributed by atoms with Crippen molar-refractivity contribution < 1.29 is 4.79 Å². The monoisotopic (exact) mass is 328 g/mol. The molecule has 0 atom stereocenters. The normalized spacial score (nSPS) is 11.1. The number of hydrazone groups is 1. The molecule has 0 fully saturated rings. The van der Waals surface area contributed by atoms with E-state index in [4.69, 9.17) is 11.6 Å². The Morgan fingerprint density at radius 3 is 2.77 bits per heavy atom. The van der Waals surface area contributed by atoms with E-state index in [9.17, 15) is 4.79 Å². The molecule has 0 aliphatic heterocycles. The van der Waals surface area contributed by atoms with E-state index in [0.717, 1.165) is 21.2 Å². The molecule has 0 radical (unpaired) electrons. The molecule has 110 valence electrons. The minimum Gasteiger partial charge on any atom is -0.273 e. The second kappa shape index (κ2) is 6.73.